The molecule has 0 aliphatic heterocycles. The Morgan fingerprint density at radius 3 is 2.71 bits per heavy atom. The van der Waals surface area contributed by atoms with Crippen LogP contribution in [-0.4, -0.2) is 15.8 Å². The second-order valence-corrected chi connectivity index (χ2v) is 3.25. The van der Waals surface area contributed by atoms with Gasteiger partial charge in [-0.05, 0) is 12.1 Å². The zero-order chi connectivity index (χ0) is 5.54. The normalized spacial score (nSPS) is 9.71. The molecule has 0 aromatic rings. The van der Waals surface area contributed by atoms with Crippen molar-refractivity contribution in [2.45, 2.75) is 12.1 Å². The van der Waals surface area contributed by atoms with Crippen LogP contribution < -0.4 is 0 Å². The van der Waals surface area contributed by atoms with Crippen LogP contribution in [0, 0.1) is 0 Å². The van der Waals surface area contributed by atoms with E-state index in [1.807, 2.05) is 6.08 Å². The molecule has 0 radical (unpaired) electrons. The molecule has 40 valence electrons. The first-order valence-electron chi connectivity index (χ1n) is 2.46. The Morgan fingerprint density at radius 2 is 2.29 bits per heavy atom. The molecule has 7 heavy (non-hydrogen) atoms. The topological polar surface area (TPSA) is 17.1 Å². The van der Waals surface area contributed by atoms with E-state index < -0.39 is 0 Å². The van der Waals surface area contributed by atoms with Crippen molar-refractivity contribution in [2.24, 2.45) is 0 Å². The smallest absolute Gasteiger partial charge is 0.116 e. The van der Waals surface area contributed by atoms with E-state index in [0.29, 0.717) is 0 Å². The lowest BCUT2D eigenvalue weighted by molar-refractivity contribution is -0.106. The zero-order valence-corrected chi connectivity index (χ0v) is 5.81. The van der Waals surface area contributed by atoms with Gasteiger partial charge in [-0.1, -0.05) is 6.08 Å². The first kappa shape index (κ1) is 6.63. The molecule has 0 N–H and O–H groups in total. The average Bonchev–Trinajstić information content (AvgIpc) is 1.69. The Hall–Kier alpha value is -0.373. The zero-order valence-electron chi connectivity index (χ0n) is 4.39. The van der Waals surface area contributed by atoms with Crippen LogP contribution in [0.4, 0.5) is 0 Å². The van der Waals surface area contributed by atoms with Gasteiger partial charge in [-0.2, -0.15) is 0 Å². The quantitative estimate of drug-likeness (QED) is 0.223. The lowest BCUT2D eigenvalue weighted by atomic mass is 10.8. The summed E-state index contributed by atoms with van der Waals surface area (Å²) >= 11 is 0. The maximum absolute atomic E-state index is 9.68. The summed E-state index contributed by atoms with van der Waals surface area (Å²) in [6.45, 7) is 3.55. The van der Waals surface area contributed by atoms with Crippen molar-refractivity contribution in [1.29, 1.82) is 0 Å². The first-order valence-corrected chi connectivity index (χ1v) is 4.46. The predicted octanol–water partition coefficient (Wildman–Crippen LogP) is 0.377. The van der Waals surface area contributed by atoms with Crippen molar-refractivity contribution in [3.8, 4) is 0 Å². The van der Waals surface area contributed by atoms with Crippen molar-refractivity contribution in [3.63, 3.8) is 0 Å². The third-order valence-electron chi connectivity index (χ3n) is 0.730. The Morgan fingerprint density at radius 1 is 1.57 bits per heavy atom. The molecule has 0 aliphatic rings. The van der Waals surface area contributed by atoms with Gasteiger partial charge in [0.05, 0.1) is 0 Å². The molecule has 0 fully saturated rings. The maximum atomic E-state index is 9.68. The summed E-state index contributed by atoms with van der Waals surface area (Å²) in [4.78, 5) is 9.68. The molecule has 0 rings (SSSR count). The average molecular weight is 114 g/mol. The fourth-order valence-electron chi connectivity index (χ4n) is 0.346. The van der Waals surface area contributed by atoms with Crippen LogP contribution in [0.5, 0.6) is 0 Å². The SMILES string of the molecule is C=CC[SiH2]CC=O. The number of aldehydes is 1. The number of carbonyl (C=O) groups excluding carboxylic acids is 1. The van der Waals surface area contributed by atoms with Gasteiger partial charge in [-0.25, -0.2) is 0 Å². The van der Waals surface area contributed by atoms with Gasteiger partial charge < -0.3 is 4.79 Å². The molecule has 0 aromatic carbocycles. The van der Waals surface area contributed by atoms with E-state index in [9.17, 15) is 4.79 Å². The fourth-order valence-corrected chi connectivity index (χ4v) is 1.04. The molecule has 0 amide bonds. The number of allylic oxidation sites excluding steroid dienone is 1. The molecule has 2 heteroatoms. The monoisotopic (exact) mass is 114 g/mol. The van der Waals surface area contributed by atoms with Crippen LogP contribution in [0.25, 0.3) is 0 Å². The van der Waals surface area contributed by atoms with Crippen molar-refractivity contribution in [3.05, 3.63) is 12.7 Å². The largest absolute Gasteiger partial charge is 0.304 e. The van der Waals surface area contributed by atoms with Crippen molar-refractivity contribution in [2.75, 3.05) is 0 Å². The van der Waals surface area contributed by atoms with Gasteiger partial charge in [-0.15, -0.1) is 6.58 Å². The van der Waals surface area contributed by atoms with E-state index in [0.717, 1.165) is 18.4 Å². The van der Waals surface area contributed by atoms with E-state index in [-0.39, 0.29) is 9.52 Å². The van der Waals surface area contributed by atoms with Gasteiger partial charge in [0.25, 0.3) is 0 Å². The molecule has 0 unspecified atom stereocenters. The Bertz CT molecular complexity index is 53.1. The van der Waals surface area contributed by atoms with E-state index >= 15 is 0 Å². The summed E-state index contributed by atoms with van der Waals surface area (Å²) < 4.78 is 0. The second kappa shape index (κ2) is 5.63. The summed E-state index contributed by atoms with van der Waals surface area (Å²) in [6, 6.07) is 1.91. The van der Waals surface area contributed by atoms with Gasteiger partial charge >= 0.3 is 0 Å². The number of hydrogen-bond acceptors (Lipinski definition) is 1. The van der Waals surface area contributed by atoms with Crippen molar-refractivity contribution >= 4 is 15.8 Å². The molecular weight excluding hydrogens is 104 g/mol. The minimum Gasteiger partial charge on any atom is -0.304 e. The van der Waals surface area contributed by atoms with Gasteiger partial charge in [0.1, 0.15) is 6.29 Å². The summed E-state index contributed by atoms with van der Waals surface area (Å²) in [7, 11) is -0.0748. The van der Waals surface area contributed by atoms with Crippen LogP contribution in [0.1, 0.15) is 0 Å². The molecular formula is C5H10OSi. The Kier molecular flexibility index (Phi) is 5.33. The summed E-state index contributed by atoms with van der Waals surface area (Å²) in [6.07, 6.45) is 2.88. The van der Waals surface area contributed by atoms with Crippen LogP contribution >= 0.6 is 0 Å². The highest BCUT2D eigenvalue weighted by atomic mass is 28.2. The third kappa shape index (κ3) is 5.63. The molecule has 0 spiro atoms. The lowest BCUT2D eigenvalue weighted by Gasteiger charge is -1.80. The maximum Gasteiger partial charge on any atom is 0.116 e. The standard InChI is InChI=1S/C5H10OSi/c1-2-4-7-5-3-6/h2-3H,1,4-5,7H2. The van der Waals surface area contributed by atoms with Crippen LogP contribution in [-0.2, 0) is 4.79 Å². The molecule has 0 aromatic heterocycles. The van der Waals surface area contributed by atoms with E-state index in [1.165, 1.54) is 0 Å². The van der Waals surface area contributed by atoms with E-state index in [4.69, 9.17) is 0 Å². The van der Waals surface area contributed by atoms with Gasteiger partial charge in [-0.3, -0.25) is 0 Å². The summed E-state index contributed by atoms with van der Waals surface area (Å²) in [5.74, 6) is 0. The fraction of sp³-hybridized carbons (Fsp3) is 0.400. The third-order valence-corrected chi connectivity index (χ3v) is 2.19. The molecule has 0 atom stereocenters. The van der Waals surface area contributed by atoms with Crippen LogP contribution in [0.2, 0.25) is 12.1 Å². The predicted molar refractivity (Wildman–Crippen MR) is 34.4 cm³/mol. The number of carbonyl (C=O) groups is 1. The molecule has 0 saturated heterocycles. The van der Waals surface area contributed by atoms with E-state index in [1.54, 1.807) is 0 Å². The highest BCUT2D eigenvalue weighted by molar-refractivity contribution is 6.40. The van der Waals surface area contributed by atoms with Gasteiger partial charge in [0.2, 0.25) is 0 Å². The summed E-state index contributed by atoms with van der Waals surface area (Å²) in [5, 5.41) is 0. The highest BCUT2D eigenvalue weighted by Gasteiger charge is 1.78. The van der Waals surface area contributed by atoms with E-state index in [2.05, 4.69) is 6.58 Å². The minimum atomic E-state index is -0.0748. The van der Waals surface area contributed by atoms with Crippen LogP contribution in [0.3, 0.4) is 0 Å². The molecule has 0 aliphatic carbocycles. The molecule has 1 nitrogen and oxygen atoms in total. The summed E-state index contributed by atoms with van der Waals surface area (Å²) in [5.41, 5.74) is 0. The van der Waals surface area contributed by atoms with Gasteiger partial charge in [0.15, 0.2) is 0 Å². The van der Waals surface area contributed by atoms with Gasteiger partial charge in [0, 0.05) is 9.52 Å². The highest BCUT2D eigenvalue weighted by Crippen LogP contribution is 1.80. The number of hydrogen-bond donors (Lipinski definition) is 0. The second-order valence-electron chi connectivity index (χ2n) is 1.39. The molecule has 0 heterocycles. The molecule has 0 saturated carbocycles. The van der Waals surface area contributed by atoms with Crippen LogP contribution in [0.15, 0.2) is 12.7 Å². The minimum absolute atomic E-state index is 0.0748. The Balaban J connectivity index is 2.68. The Labute approximate surface area is 46.2 Å². The lowest BCUT2D eigenvalue weighted by Crippen LogP contribution is -1.84. The molecule has 0 bridgehead atoms. The van der Waals surface area contributed by atoms with Crippen molar-refractivity contribution in [1.82, 2.24) is 0 Å². The number of rotatable bonds is 4. The first-order chi connectivity index (χ1) is 3.41. The van der Waals surface area contributed by atoms with Crippen molar-refractivity contribution < 1.29 is 4.79 Å².